The Kier molecular flexibility index (Phi) is 4.06. The lowest BCUT2D eigenvalue weighted by Crippen LogP contribution is -2.43. The maximum Gasteiger partial charge on any atom is 0.228 e. The largest absolute Gasteiger partial charge is 0.497 e. The van der Waals surface area contributed by atoms with Crippen molar-refractivity contribution >= 4 is 5.91 Å². The second kappa shape index (κ2) is 6.15. The van der Waals surface area contributed by atoms with Crippen LogP contribution in [0, 0.1) is 5.41 Å². The molecule has 1 amide bonds. The molecule has 26 heavy (non-hydrogen) atoms. The van der Waals surface area contributed by atoms with Gasteiger partial charge in [-0.15, -0.1) is 0 Å². The minimum atomic E-state index is -0.330. The second-order valence-electron chi connectivity index (χ2n) is 8.56. The number of hydrogen-bond donors (Lipinski definition) is 0. The smallest absolute Gasteiger partial charge is 0.228 e. The van der Waals surface area contributed by atoms with Crippen molar-refractivity contribution in [3.63, 3.8) is 0 Å². The van der Waals surface area contributed by atoms with E-state index in [1.807, 2.05) is 32.9 Å². The molecule has 1 heterocycles. The summed E-state index contributed by atoms with van der Waals surface area (Å²) in [7, 11) is 1.69. The van der Waals surface area contributed by atoms with Crippen molar-refractivity contribution < 1.29 is 9.53 Å². The van der Waals surface area contributed by atoms with Gasteiger partial charge in [0.25, 0.3) is 0 Å². The number of likely N-dealkylation sites (tertiary alicyclic amines) is 1. The third-order valence-corrected chi connectivity index (χ3v) is 5.81. The van der Waals surface area contributed by atoms with Gasteiger partial charge in [-0.05, 0) is 59.2 Å². The maximum atomic E-state index is 13.0. The third-order valence-electron chi connectivity index (χ3n) is 5.81. The second-order valence-corrected chi connectivity index (χ2v) is 8.56. The lowest BCUT2D eigenvalue weighted by Gasteiger charge is -2.37. The number of ether oxygens (including phenoxy) is 1. The minimum absolute atomic E-state index is 0.230. The molecule has 0 radical (unpaired) electrons. The summed E-state index contributed by atoms with van der Waals surface area (Å²) in [6, 6.07) is 15.2. The maximum absolute atomic E-state index is 13.0. The first-order valence-electron chi connectivity index (χ1n) is 9.48. The first-order chi connectivity index (χ1) is 12.4. The first-order valence-corrected chi connectivity index (χ1v) is 9.48. The summed E-state index contributed by atoms with van der Waals surface area (Å²) in [5.41, 5.74) is 4.85. The van der Waals surface area contributed by atoms with E-state index in [-0.39, 0.29) is 17.4 Å². The van der Waals surface area contributed by atoms with Gasteiger partial charge in [-0.25, -0.2) is 0 Å². The fourth-order valence-corrected chi connectivity index (χ4v) is 4.41. The average molecular weight is 349 g/mol. The SMILES string of the molecule is COc1ccc(-c2ccc3c(c2)[C@H]2CC3CCN2C(=O)C(C)(C)C)cc1. The zero-order valence-electron chi connectivity index (χ0n) is 16.1. The van der Waals surface area contributed by atoms with Crippen LogP contribution in [0.4, 0.5) is 0 Å². The van der Waals surface area contributed by atoms with Gasteiger partial charge in [0, 0.05) is 12.0 Å². The standard InChI is InChI=1S/C23H27NO2/c1-23(2,3)22(25)24-12-11-17-14-21(24)20-13-16(7-10-19(17)20)15-5-8-18(26-4)9-6-15/h5-10,13,17,21H,11-12,14H2,1-4H3/t17?,21-/m1/s1. The third kappa shape index (κ3) is 2.80. The molecule has 4 rings (SSSR count). The molecule has 2 aromatic carbocycles. The Morgan fingerprint density at radius 1 is 1.04 bits per heavy atom. The van der Waals surface area contributed by atoms with E-state index in [0.717, 1.165) is 25.1 Å². The van der Waals surface area contributed by atoms with Gasteiger partial charge in [0.15, 0.2) is 0 Å². The monoisotopic (exact) mass is 349 g/mol. The van der Waals surface area contributed by atoms with E-state index in [1.54, 1.807) is 7.11 Å². The van der Waals surface area contributed by atoms with E-state index < -0.39 is 0 Å². The van der Waals surface area contributed by atoms with Gasteiger partial charge >= 0.3 is 0 Å². The number of benzene rings is 2. The lowest BCUT2D eigenvalue weighted by atomic mass is 9.90. The number of carbonyl (C=O) groups excluding carboxylic acids is 1. The van der Waals surface area contributed by atoms with E-state index in [1.165, 1.54) is 22.3 Å². The van der Waals surface area contributed by atoms with Crippen molar-refractivity contribution in [3.05, 3.63) is 53.6 Å². The molecule has 0 aromatic heterocycles. The van der Waals surface area contributed by atoms with E-state index in [9.17, 15) is 4.79 Å². The van der Waals surface area contributed by atoms with Crippen LogP contribution in [0.2, 0.25) is 0 Å². The van der Waals surface area contributed by atoms with Crippen LogP contribution in [0.3, 0.4) is 0 Å². The molecule has 1 aliphatic carbocycles. The highest BCUT2D eigenvalue weighted by atomic mass is 16.5. The summed E-state index contributed by atoms with van der Waals surface area (Å²) >= 11 is 0. The topological polar surface area (TPSA) is 29.5 Å². The molecule has 1 unspecified atom stereocenters. The molecule has 1 saturated heterocycles. The highest BCUT2D eigenvalue weighted by Crippen LogP contribution is 2.50. The highest BCUT2D eigenvalue weighted by Gasteiger charge is 2.43. The number of carbonyl (C=O) groups is 1. The Hall–Kier alpha value is -2.29. The fraction of sp³-hybridized carbons (Fsp3) is 0.435. The summed E-state index contributed by atoms with van der Waals surface area (Å²) in [4.78, 5) is 15.1. The summed E-state index contributed by atoms with van der Waals surface area (Å²) in [5.74, 6) is 1.74. The highest BCUT2D eigenvalue weighted by molar-refractivity contribution is 5.82. The van der Waals surface area contributed by atoms with Crippen molar-refractivity contribution in [2.24, 2.45) is 5.41 Å². The van der Waals surface area contributed by atoms with Crippen LogP contribution in [0.15, 0.2) is 42.5 Å². The van der Waals surface area contributed by atoms with E-state index in [0.29, 0.717) is 5.92 Å². The predicted molar refractivity (Wildman–Crippen MR) is 104 cm³/mol. The average Bonchev–Trinajstić information content (AvgIpc) is 2.93. The number of hydrogen-bond acceptors (Lipinski definition) is 2. The number of piperidine rings is 1. The van der Waals surface area contributed by atoms with Crippen LogP contribution in [0.1, 0.15) is 56.7 Å². The first kappa shape index (κ1) is 17.1. The molecule has 0 saturated carbocycles. The van der Waals surface area contributed by atoms with Crippen LogP contribution in [-0.4, -0.2) is 24.5 Å². The summed E-state index contributed by atoms with van der Waals surface area (Å²) in [6.45, 7) is 6.93. The summed E-state index contributed by atoms with van der Waals surface area (Å²) in [5, 5.41) is 0. The van der Waals surface area contributed by atoms with Crippen LogP contribution >= 0.6 is 0 Å². The van der Waals surface area contributed by atoms with Gasteiger partial charge in [-0.1, -0.05) is 45.0 Å². The van der Waals surface area contributed by atoms with Gasteiger partial charge in [-0.3, -0.25) is 4.79 Å². The Balaban J connectivity index is 1.70. The van der Waals surface area contributed by atoms with E-state index in [4.69, 9.17) is 4.74 Å². The van der Waals surface area contributed by atoms with E-state index in [2.05, 4.69) is 35.2 Å². The Morgan fingerprint density at radius 3 is 2.38 bits per heavy atom. The molecule has 3 heteroatoms. The quantitative estimate of drug-likeness (QED) is 0.748. The van der Waals surface area contributed by atoms with Crippen molar-refractivity contribution in [2.45, 2.75) is 45.6 Å². The Bertz CT molecular complexity index is 832. The number of rotatable bonds is 2. The molecule has 2 atom stereocenters. The van der Waals surface area contributed by atoms with E-state index >= 15 is 0 Å². The predicted octanol–water partition coefficient (Wildman–Crippen LogP) is 5.17. The zero-order valence-corrected chi connectivity index (χ0v) is 16.1. The lowest BCUT2D eigenvalue weighted by molar-refractivity contribution is -0.143. The van der Waals surface area contributed by atoms with Crippen LogP contribution in [0.5, 0.6) is 5.75 Å². The van der Waals surface area contributed by atoms with Gasteiger partial charge in [0.05, 0.1) is 13.2 Å². The van der Waals surface area contributed by atoms with Crippen molar-refractivity contribution in [2.75, 3.05) is 13.7 Å². The minimum Gasteiger partial charge on any atom is -0.497 e. The molecule has 1 fully saturated rings. The van der Waals surface area contributed by atoms with Crippen molar-refractivity contribution in [1.29, 1.82) is 0 Å². The van der Waals surface area contributed by atoms with Gasteiger partial charge < -0.3 is 9.64 Å². The van der Waals surface area contributed by atoms with Gasteiger partial charge in [0.2, 0.25) is 5.91 Å². The number of nitrogens with zero attached hydrogens (tertiary/aromatic N) is 1. The summed E-state index contributed by atoms with van der Waals surface area (Å²) in [6.07, 6.45) is 2.15. The van der Waals surface area contributed by atoms with Crippen LogP contribution in [0.25, 0.3) is 11.1 Å². The summed E-state index contributed by atoms with van der Waals surface area (Å²) < 4.78 is 5.26. The molecule has 136 valence electrons. The molecule has 1 aliphatic heterocycles. The van der Waals surface area contributed by atoms with Crippen LogP contribution < -0.4 is 4.74 Å². The molecular formula is C23H27NO2. The Labute approximate surface area is 156 Å². The normalized spacial score (nSPS) is 21.5. The molecule has 2 aliphatic rings. The van der Waals surface area contributed by atoms with Crippen molar-refractivity contribution in [3.8, 4) is 16.9 Å². The van der Waals surface area contributed by atoms with Crippen LogP contribution in [-0.2, 0) is 4.79 Å². The number of amides is 1. The van der Waals surface area contributed by atoms with Gasteiger partial charge in [0.1, 0.15) is 5.75 Å². The molecule has 0 N–H and O–H groups in total. The Morgan fingerprint density at radius 2 is 1.73 bits per heavy atom. The molecule has 0 spiro atoms. The molecular weight excluding hydrogens is 322 g/mol. The molecule has 2 bridgehead atoms. The zero-order chi connectivity index (χ0) is 18.5. The molecule has 2 aromatic rings. The van der Waals surface area contributed by atoms with Crippen molar-refractivity contribution in [1.82, 2.24) is 4.90 Å². The number of methoxy groups -OCH3 is 1. The molecule has 3 nitrogen and oxygen atoms in total. The fourth-order valence-electron chi connectivity index (χ4n) is 4.41. The number of fused-ring (bicyclic) bond motifs is 5. The van der Waals surface area contributed by atoms with Gasteiger partial charge in [-0.2, -0.15) is 0 Å².